The number of anilines is 1. The molecule has 0 aliphatic heterocycles. The number of aromatic nitrogens is 4. The van der Waals surface area contributed by atoms with E-state index in [1.165, 1.54) is 23.1 Å². The van der Waals surface area contributed by atoms with Gasteiger partial charge in [0.15, 0.2) is 16.0 Å². The molecule has 0 spiro atoms. The minimum atomic E-state index is -0.195. The average Bonchev–Trinajstić information content (AvgIpc) is 3.62. The van der Waals surface area contributed by atoms with Gasteiger partial charge in [-0.15, -0.1) is 21.5 Å². The van der Waals surface area contributed by atoms with E-state index in [0.717, 1.165) is 21.7 Å². The Bertz CT molecular complexity index is 1500. The Labute approximate surface area is 225 Å². The summed E-state index contributed by atoms with van der Waals surface area (Å²) >= 11 is 15.0. The summed E-state index contributed by atoms with van der Waals surface area (Å²) in [5.41, 5.74) is 2.92. The number of furan rings is 1. The van der Waals surface area contributed by atoms with E-state index < -0.39 is 0 Å². The summed E-state index contributed by atoms with van der Waals surface area (Å²) in [6.45, 7) is 2.02. The van der Waals surface area contributed by atoms with E-state index in [1.54, 1.807) is 30.7 Å². The number of thiazole rings is 1. The second-order valence-electron chi connectivity index (χ2n) is 7.84. The van der Waals surface area contributed by atoms with Crippen LogP contribution < -0.4 is 5.32 Å². The SMILES string of the molecule is Cc1ccc(-n2c(SCC(=O)Nc3ncc(Cc4cc(Cl)ccc4Cl)s3)nnc2-c2ccco2)cc1. The Morgan fingerprint density at radius 3 is 2.75 bits per heavy atom. The van der Waals surface area contributed by atoms with Gasteiger partial charge in [-0.25, -0.2) is 4.98 Å². The van der Waals surface area contributed by atoms with Crippen molar-refractivity contribution in [2.45, 2.75) is 18.5 Å². The minimum absolute atomic E-state index is 0.136. The monoisotopic (exact) mass is 555 g/mol. The molecule has 2 aromatic carbocycles. The van der Waals surface area contributed by atoms with E-state index in [0.29, 0.717) is 38.3 Å². The molecular formula is C25H19Cl2N5O2S2. The third-order valence-corrected chi connectivity index (χ3v) is 7.62. The topological polar surface area (TPSA) is 85.8 Å². The molecule has 0 atom stereocenters. The highest BCUT2D eigenvalue weighted by molar-refractivity contribution is 7.99. The van der Waals surface area contributed by atoms with Crippen LogP contribution in [-0.4, -0.2) is 31.4 Å². The van der Waals surface area contributed by atoms with Crippen molar-refractivity contribution in [2.75, 3.05) is 11.1 Å². The number of hydrogen-bond donors (Lipinski definition) is 1. The predicted octanol–water partition coefficient (Wildman–Crippen LogP) is 6.92. The maximum absolute atomic E-state index is 12.7. The lowest BCUT2D eigenvalue weighted by atomic mass is 10.1. The molecule has 0 radical (unpaired) electrons. The fourth-order valence-corrected chi connectivity index (χ4v) is 5.44. The first-order valence-corrected chi connectivity index (χ1v) is 13.4. The molecule has 0 fully saturated rings. The summed E-state index contributed by atoms with van der Waals surface area (Å²) < 4.78 is 7.43. The third-order valence-electron chi connectivity index (χ3n) is 5.17. The van der Waals surface area contributed by atoms with Crippen LogP contribution in [-0.2, 0) is 11.2 Å². The van der Waals surface area contributed by atoms with Crippen LogP contribution in [0.1, 0.15) is 16.0 Å². The van der Waals surface area contributed by atoms with Gasteiger partial charge in [0.05, 0.1) is 12.0 Å². The molecule has 0 saturated carbocycles. The van der Waals surface area contributed by atoms with Crippen molar-refractivity contribution in [3.8, 4) is 17.3 Å². The van der Waals surface area contributed by atoms with Crippen LogP contribution in [0.2, 0.25) is 10.0 Å². The first-order chi connectivity index (χ1) is 17.5. The molecule has 3 heterocycles. The molecule has 11 heteroatoms. The molecule has 0 aliphatic carbocycles. The predicted molar refractivity (Wildman–Crippen MR) is 145 cm³/mol. The maximum atomic E-state index is 12.7. The van der Waals surface area contributed by atoms with Crippen LogP contribution in [0.15, 0.2) is 76.6 Å². The van der Waals surface area contributed by atoms with Crippen molar-refractivity contribution >= 4 is 57.3 Å². The second-order valence-corrected chi connectivity index (χ2v) is 10.7. The van der Waals surface area contributed by atoms with Gasteiger partial charge in [0.25, 0.3) is 0 Å². The van der Waals surface area contributed by atoms with E-state index in [4.69, 9.17) is 27.6 Å². The number of nitrogens with zero attached hydrogens (tertiary/aromatic N) is 4. The maximum Gasteiger partial charge on any atom is 0.236 e. The standard InChI is InChI=1S/C25H19Cl2N5O2S2/c1-15-4-7-18(8-5-15)32-23(21-3-2-10-34-21)30-31-25(32)35-14-22(33)29-24-28-13-19(36-24)12-16-11-17(26)6-9-20(16)27/h2-11,13H,12,14H2,1H3,(H,28,29,33). The van der Waals surface area contributed by atoms with Crippen molar-refractivity contribution in [3.63, 3.8) is 0 Å². The number of carbonyl (C=O) groups excluding carboxylic acids is 1. The lowest BCUT2D eigenvalue weighted by Crippen LogP contribution is -2.14. The molecule has 1 N–H and O–H groups in total. The largest absolute Gasteiger partial charge is 0.461 e. The summed E-state index contributed by atoms with van der Waals surface area (Å²) in [4.78, 5) is 18.0. The number of benzene rings is 2. The van der Waals surface area contributed by atoms with Gasteiger partial charge in [0, 0.05) is 33.2 Å². The molecule has 7 nitrogen and oxygen atoms in total. The van der Waals surface area contributed by atoms with Gasteiger partial charge in [0.2, 0.25) is 11.7 Å². The highest BCUT2D eigenvalue weighted by atomic mass is 35.5. The van der Waals surface area contributed by atoms with Crippen molar-refractivity contribution in [2.24, 2.45) is 0 Å². The van der Waals surface area contributed by atoms with Crippen LogP contribution in [0.5, 0.6) is 0 Å². The molecule has 0 aliphatic rings. The number of thioether (sulfide) groups is 1. The van der Waals surface area contributed by atoms with Crippen LogP contribution in [0.3, 0.4) is 0 Å². The summed E-state index contributed by atoms with van der Waals surface area (Å²) in [6, 6.07) is 17.0. The molecule has 36 heavy (non-hydrogen) atoms. The zero-order valence-corrected chi connectivity index (χ0v) is 22.1. The molecule has 0 saturated heterocycles. The first-order valence-electron chi connectivity index (χ1n) is 10.8. The fourth-order valence-electron chi connectivity index (χ4n) is 3.45. The molecule has 0 unspecified atom stereocenters. The van der Waals surface area contributed by atoms with Gasteiger partial charge < -0.3 is 9.73 Å². The zero-order valence-electron chi connectivity index (χ0n) is 18.9. The van der Waals surface area contributed by atoms with Crippen molar-refractivity contribution in [3.05, 3.63) is 93.1 Å². The van der Waals surface area contributed by atoms with Crippen molar-refractivity contribution in [1.29, 1.82) is 0 Å². The molecular weight excluding hydrogens is 537 g/mol. The zero-order chi connectivity index (χ0) is 25.1. The Morgan fingerprint density at radius 1 is 1.14 bits per heavy atom. The summed E-state index contributed by atoms with van der Waals surface area (Å²) in [6.07, 6.45) is 3.90. The number of nitrogens with one attached hydrogen (secondary N) is 1. The number of carbonyl (C=O) groups is 1. The van der Waals surface area contributed by atoms with Crippen LogP contribution in [0, 0.1) is 6.92 Å². The minimum Gasteiger partial charge on any atom is -0.461 e. The van der Waals surface area contributed by atoms with Gasteiger partial charge in [-0.05, 0) is 55.0 Å². The number of halogens is 2. The van der Waals surface area contributed by atoms with Crippen LogP contribution in [0.25, 0.3) is 17.3 Å². The van der Waals surface area contributed by atoms with Crippen LogP contribution >= 0.6 is 46.3 Å². The Kier molecular flexibility index (Phi) is 7.43. The average molecular weight is 557 g/mol. The first kappa shape index (κ1) is 24.6. The lowest BCUT2D eigenvalue weighted by Gasteiger charge is -2.09. The second kappa shape index (κ2) is 10.9. The van der Waals surface area contributed by atoms with Gasteiger partial charge >= 0.3 is 0 Å². The number of hydrogen-bond acceptors (Lipinski definition) is 7. The van der Waals surface area contributed by atoms with E-state index >= 15 is 0 Å². The van der Waals surface area contributed by atoms with E-state index in [1.807, 2.05) is 47.9 Å². The molecule has 5 aromatic rings. The summed E-state index contributed by atoms with van der Waals surface area (Å²) in [5.74, 6) is 1.10. The van der Waals surface area contributed by atoms with Crippen molar-refractivity contribution in [1.82, 2.24) is 19.7 Å². The normalized spacial score (nSPS) is 11.1. The van der Waals surface area contributed by atoms with E-state index in [2.05, 4.69) is 20.5 Å². The van der Waals surface area contributed by atoms with Gasteiger partial charge in [-0.3, -0.25) is 9.36 Å². The van der Waals surface area contributed by atoms with Crippen molar-refractivity contribution < 1.29 is 9.21 Å². The Morgan fingerprint density at radius 2 is 1.97 bits per heavy atom. The van der Waals surface area contributed by atoms with Crippen LogP contribution in [0.4, 0.5) is 5.13 Å². The number of aryl methyl sites for hydroxylation is 1. The molecule has 182 valence electrons. The lowest BCUT2D eigenvalue weighted by molar-refractivity contribution is -0.113. The molecule has 3 aromatic heterocycles. The Hall–Kier alpha value is -3.11. The third kappa shape index (κ3) is 5.65. The highest BCUT2D eigenvalue weighted by Gasteiger charge is 2.19. The molecule has 1 amide bonds. The Balaban J connectivity index is 1.27. The van der Waals surface area contributed by atoms with E-state index in [9.17, 15) is 4.79 Å². The quantitative estimate of drug-likeness (QED) is 0.209. The molecule has 5 rings (SSSR count). The number of amides is 1. The van der Waals surface area contributed by atoms with Gasteiger partial charge in [-0.1, -0.05) is 52.7 Å². The highest BCUT2D eigenvalue weighted by Crippen LogP contribution is 2.30. The summed E-state index contributed by atoms with van der Waals surface area (Å²) in [5, 5.41) is 13.8. The fraction of sp³-hybridized carbons (Fsp3) is 0.120. The summed E-state index contributed by atoms with van der Waals surface area (Å²) in [7, 11) is 0. The van der Waals surface area contributed by atoms with Gasteiger partial charge in [-0.2, -0.15) is 0 Å². The van der Waals surface area contributed by atoms with Gasteiger partial charge in [0.1, 0.15) is 0 Å². The van der Waals surface area contributed by atoms with E-state index in [-0.39, 0.29) is 11.7 Å². The smallest absolute Gasteiger partial charge is 0.236 e. The number of rotatable bonds is 8. The molecule has 0 bridgehead atoms.